The summed E-state index contributed by atoms with van der Waals surface area (Å²) in [6.07, 6.45) is 3.85. The van der Waals surface area contributed by atoms with E-state index in [-0.39, 0.29) is 0 Å². The summed E-state index contributed by atoms with van der Waals surface area (Å²) in [6, 6.07) is 9.87. The van der Waals surface area contributed by atoms with Crippen LogP contribution >= 0.6 is 11.8 Å². The van der Waals surface area contributed by atoms with E-state index < -0.39 is 0 Å². The van der Waals surface area contributed by atoms with Crippen molar-refractivity contribution in [3.63, 3.8) is 0 Å². The second kappa shape index (κ2) is 7.20. The minimum Gasteiger partial charge on any atom is -0.310 e. The van der Waals surface area contributed by atoms with Gasteiger partial charge in [-0.1, -0.05) is 38.1 Å². The van der Waals surface area contributed by atoms with E-state index in [4.69, 9.17) is 0 Å². The molecule has 1 heterocycles. The monoisotopic (exact) mass is 263 g/mol. The number of hydrogen-bond donors (Lipinski definition) is 1. The highest BCUT2D eigenvalue weighted by atomic mass is 32.2. The third-order valence-corrected chi connectivity index (χ3v) is 4.53. The van der Waals surface area contributed by atoms with E-state index in [2.05, 4.69) is 55.2 Å². The molecule has 0 atom stereocenters. The van der Waals surface area contributed by atoms with Gasteiger partial charge in [-0.3, -0.25) is 0 Å². The van der Waals surface area contributed by atoms with Crippen molar-refractivity contribution in [1.29, 1.82) is 0 Å². The van der Waals surface area contributed by atoms with Crippen molar-refractivity contribution in [2.24, 2.45) is 5.92 Å². The first kappa shape index (κ1) is 14.0. The van der Waals surface area contributed by atoms with E-state index in [0.717, 1.165) is 18.5 Å². The van der Waals surface area contributed by atoms with Crippen molar-refractivity contribution < 1.29 is 0 Å². The highest BCUT2D eigenvalue weighted by Crippen LogP contribution is 2.17. The zero-order valence-corrected chi connectivity index (χ0v) is 12.4. The average molecular weight is 263 g/mol. The lowest BCUT2D eigenvalue weighted by molar-refractivity contribution is 0.482. The van der Waals surface area contributed by atoms with Crippen molar-refractivity contribution in [3.8, 4) is 0 Å². The molecule has 1 fully saturated rings. The summed E-state index contributed by atoms with van der Waals surface area (Å²) in [5, 5.41) is 3.68. The summed E-state index contributed by atoms with van der Waals surface area (Å²) in [7, 11) is 0. The van der Waals surface area contributed by atoms with Crippen LogP contribution in [0.4, 0.5) is 0 Å². The predicted octanol–water partition coefficient (Wildman–Crippen LogP) is 3.87. The third kappa shape index (κ3) is 4.66. The molecule has 1 aromatic rings. The minimum atomic E-state index is 0.738. The fraction of sp³-hybridized carbons (Fsp3) is 0.625. The van der Waals surface area contributed by atoms with Crippen LogP contribution < -0.4 is 5.32 Å². The van der Waals surface area contributed by atoms with Gasteiger partial charge in [-0.25, -0.2) is 0 Å². The number of hydrogen-bond acceptors (Lipinski definition) is 2. The Balaban J connectivity index is 1.78. The summed E-state index contributed by atoms with van der Waals surface area (Å²) in [6.45, 7) is 5.57. The van der Waals surface area contributed by atoms with Gasteiger partial charge in [-0.2, -0.15) is 11.8 Å². The van der Waals surface area contributed by atoms with Crippen LogP contribution in [0.15, 0.2) is 24.3 Å². The largest absolute Gasteiger partial charge is 0.310 e. The molecule has 0 amide bonds. The first-order valence-electron chi connectivity index (χ1n) is 7.13. The fourth-order valence-corrected chi connectivity index (χ4v) is 3.53. The van der Waals surface area contributed by atoms with Crippen LogP contribution in [0.1, 0.15) is 37.8 Å². The Bertz CT molecular complexity index is 339. The van der Waals surface area contributed by atoms with E-state index in [9.17, 15) is 0 Å². The van der Waals surface area contributed by atoms with Gasteiger partial charge in [-0.15, -0.1) is 0 Å². The van der Waals surface area contributed by atoms with E-state index in [1.165, 1.54) is 41.9 Å². The number of rotatable bonds is 5. The van der Waals surface area contributed by atoms with Gasteiger partial charge in [0, 0.05) is 12.6 Å². The van der Waals surface area contributed by atoms with Crippen molar-refractivity contribution in [3.05, 3.63) is 35.4 Å². The highest BCUT2D eigenvalue weighted by molar-refractivity contribution is 7.99. The van der Waals surface area contributed by atoms with Crippen LogP contribution in [-0.2, 0) is 13.0 Å². The molecule has 1 aromatic carbocycles. The SMILES string of the molecule is CC(C)Cc1ccc(CNC2CCSCC2)cc1. The molecule has 100 valence electrons. The number of nitrogens with one attached hydrogen (secondary N) is 1. The Hall–Kier alpha value is -0.470. The summed E-state index contributed by atoms with van der Waals surface area (Å²) < 4.78 is 0. The Morgan fingerprint density at radius 1 is 1.11 bits per heavy atom. The van der Waals surface area contributed by atoms with Crippen molar-refractivity contribution in [2.45, 2.75) is 45.7 Å². The Kier molecular flexibility index (Phi) is 5.58. The van der Waals surface area contributed by atoms with E-state index in [1.54, 1.807) is 0 Å². The quantitative estimate of drug-likeness (QED) is 0.865. The van der Waals surface area contributed by atoms with Crippen molar-refractivity contribution in [1.82, 2.24) is 5.32 Å². The zero-order chi connectivity index (χ0) is 12.8. The summed E-state index contributed by atoms with van der Waals surface area (Å²) in [5.74, 6) is 3.39. The Morgan fingerprint density at radius 2 is 1.72 bits per heavy atom. The number of benzene rings is 1. The lowest BCUT2D eigenvalue weighted by Crippen LogP contribution is -2.31. The maximum atomic E-state index is 3.68. The van der Waals surface area contributed by atoms with Gasteiger partial charge in [0.05, 0.1) is 0 Å². The maximum absolute atomic E-state index is 3.68. The van der Waals surface area contributed by atoms with Crippen LogP contribution in [0.2, 0.25) is 0 Å². The predicted molar refractivity (Wildman–Crippen MR) is 82.2 cm³/mol. The topological polar surface area (TPSA) is 12.0 Å². The molecule has 0 spiro atoms. The molecule has 0 unspecified atom stereocenters. The standard InChI is InChI=1S/C16H25NS/c1-13(2)11-14-3-5-15(6-4-14)12-17-16-7-9-18-10-8-16/h3-6,13,16-17H,7-12H2,1-2H3. The average Bonchev–Trinajstić information content (AvgIpc) is 2.38. The zero-order valence-electron chi connectivity index (χ0n) is 11.6. The van der Waals surface area contributed by atoms with Gasteiger partial charge in [0.2, 0.25) is 0 Å². The normalized spacial score (nSPS) is 17.3. The lowest BCUT2D eigenvalue weighted by Gasteiger charge is -2.22. The van der Waals surface area contributed by atoms with E-state index in [0.29, 0.717) is 0 Å². The van der Waals surface area contributed by atoms with Crippen LogP contribution in [-0.4, -0.2) is 17.5 Å². The minimum absolute atomic E-state index is 0.738. The van der Waals surface area contributed by atoms with E-state index in [1.807, 2.05) is 0 Å². The molecule has 0 aromatic heterocycles. The van der Waals surface area contributed by atoms with Crippen molar-refractivity contribution in [2.75, 3.05) is 11.5 Å². The molecule has 1 nitrogen and oxygen atoms in total. The molecule has 1 N–H and O–H groups in total. The second-order valence-corrected chi connectivity index (χ2v) is 6.91. The summed E-state index contributed by atoms with van der Waals surface area (Å²) in [5.41, 5.74) is 2.88. The number of thioether (sulfide) groups is 1. The van der Waals surface area contributed by atoms with Crippen molar-refractivity contribution >= 4 is 11.8 Å². The molecule has 0 saturated carbocycles. The van der Waals surface area contributed by atoms with Gasteiger partial charge in [0.15, 0.2) is 0 Å². The summed E-state index contributed by atoms with van der Waals surface area (Å²) >= 11 is 2.09. The van der Waals surface area contributed by atoms with Gasteiger partial charge in [0.1, 0.15) is 0 Å². The smallest absolute Gasteiger partial charge is 0.0208 e. The molecule has 0 aliphatic carbocycles. The van der Waals surface area contributed by atoms with Crippen LogP contribution in [0.3, 0.4) is 0 Å². The fourth-order valence-electron chi connectivity index (χ4n) is 2.43. The van der Waals surface area contributed by atoms with Gasteiger partial charge in [-0.05, 0) is 47.8 Å². The van der Waals surface area contributed by atoms with E-state index >= 15 is 0 Å². The lowest BCUT2D eigenvalue weighted by atomic mass is 10.0. The third-order valence-electron chi connectivity index (χ3n) is 3.48. The van der Waals surface area contributed by atoms with Gasteiger partial charge < -0.3 is 5.32 Å². The Morgan fingerprint density at radius 3 is 2.33 bits per heavy atom. The molecule has 1 aliphatic heterocycles. The molecule has 0 radical (unpaired) electrons. The molecule has 2 heteroatoms. The highest BCUT2D eigenvalue weighted by Gasteiger charge is 2.12. The van der Waals surface area contributed by atoms with Crippen LogP contribution in [0.5, 0.6) is 0 Å². The van der Waals surface area contributed by atoms with Gasteiger partial charge >= 0.3 is 0 Å². The maximum Gasteiger partial charge on any atom is 0.0208 e. The second-order valence-electron chi connectivity index (χ2n) is 5.68. The molecule has 18 heavy (non-hydrogen) atoms. The molecule has 1 saturated heterocycles. The Labute approximate surface area is 116 Å². The van der Waals surface area contributed by atoms with Crippen LogP contribution in [0, 0.1) is 5.92 Å². The van der Waals surface area contributed by atoms with Gasteiger partial charge in [0.25, 0.3) is 0 Å². The molecular formula is C16H25NS. The molecule has 0 bridgehead atoms. The first-order valence-corrected chi connectivity index (χ1v) is 8.28. The molecule has 2 rings (SSSR count). The van der Waals surface area contributed by atoms with Crippen LogP contribution in [0.25, 0.3) is 0 Å². The molecule has 1 aliphatic rings. The summed E-state index contributed by atoms with van der Waals surface area (Å²) in [4.78, 5) is 0. The first-order chi connectivity index (χ1) is 8.74. The molecular weight excluding hydrogens is 238 g/mol.